The van der Waals surface area contributed by atoms with Crippen molar-refractivity contribution in [2.75, 3.05) is 5.32 Å². The number of nitrogens with one attached hydrogen (secondary N) is 2. The maximum absolute atomic E-state index is 13.4. The van der Waals surface area contributed by atoms with E-state index in [0.717, 1.165) is 12.1 Å². The Labute approximate surface area is 213 Å². The van der Waals surface area contributed by atoms with Gasteiger partial charge in [0.25, 0.3) is 11.6 Å². The molecule has 2 atom stereocenters. The molecule has 0 fully saturated rings. The van der Waals surface area contributed by atoms with Gasteiger partial charge >= 0.3 is 6.18 Å². The molecule has 0 bridgehead atoms. The van der Waals surface area contributed by atoms with Crippen LogP contribution in [0.4, 0.5) is 24.7 Å². The first-order valence-electron chi connectivity index (χ1n) is 11.3. The molecule has 192 valence electrons. The summed E-state index contributed by atoms with van der Waals surface area (Å²) in [5, 5.41) is 21.4. The molecule has 0 aliphatic carbocycles. The van der Waals surface area contributed by atoms with Crippen LogP contribution in [0.3, 0.4) is 0 Å². The lowest BCUT2D eigenvalue weighted by atomic mass is 9.82. The van der Waals surface area contributed by atoms with Crippen molar-refractivity contribution >= 4 is 23.3 Å². The fourth-order valence-corrected chi connectivity index (χ4v) is 4.48. The Morgan fingerprint density at radius 2 is 1.71 bits per heavy atom. The fraction of sp³-hybridized carbons (Fsp3) is 0.115. The average Bonchev–Trinajstić information content (AvgIpc) is 3.32. The number of hydrogen-bond acceptors (Lipinski definition) is 5. The van der Waals surface area contributed by atoms with Gasteiger partial charge in [0.2, 0.25) is 5.91 Å². The molecule has 2 amide bonds. The summed E-state index contributed by atoms with van der Waals surface area (Å²) < 4.78 is 41.0. The number of fused-ring (bicyclic) bond motifs is 1. The van der Waals surface area contributed by atoms with Crippen LogP contribution >= 0.6 is 0 Å². The van der Waals surface area contributed by atoms with E-state index in [1.165, 1.54) is 35.1 Å². The van der Waals surface area contributed by atoms with Gasteiger partial charge in [-0.25, -0.2) is 4.68 Å². The van der Waals surface area contributed by atoms with E-state index in [1.807, 2.05) is 0 Å². The monoisotopic (exact) mass is 521 g/mol. The first kappa shape index (κ1) is 24.7. The van der Waals surface area contributed by atoms with Crippen LogP contribution in [0.2, 0.25) is 0 Å². The van der Waals surface area contributed by atoms with E-state index >= 15 is 0 Å². The molecule has 1 aliphatic rings. The summed E-state index contributed by atoms with van der Waals surface area (Å²) >= 11 is 0. The Hall–Kier alpha value is -5.00. The molecular weight excluding hydrogens is 503 g/mol. The van der Waals surface area contributed by atoms with Gasteiger partial charge in [-0.05, 0) is 30.3 Å². The van der Waals surface area contributed by atoms with Crippen LogP contribution in [-0.4, -0.2) is 32.6 Å². The Morgan fingerprint density at radius 1 is 1.00 bits per heavy atom. The zero-order valence-corrected chi connectivity index (χ0v) is 19.3. The van der Waals surface area contributed by atoms with Crippen molar-refractivity contribution in [3.05, 3.63) is 117 Å². The van der Waals surface area contributed by atoms with Crippen molar-refractivity contribution in [2.24, 2.45) is 0 Å². The van der Waals surface area contributed by atoms with E-state index in [1.54, 1.807) is 36.4 Å². The number of benzene rings is 3. The SMILES string of the molecule is O=C(NC1C(=O)Nc2c(cnn2-c2ccccc2)C1c1ccccc1[N+](=O)[O-])c1cccc(C(F)(F)F)c1. The van der Waals surface area contributed by atoms with E-state index in [2.05, 4.69) is 15.7 Å². The van der Waals surface area contributed by atoms with Crippen LogP contribution in [0.25, 0.3) is 5.69 Å². The summed E-state index contributed by atoms with van der Waals surface area (Å²) in [6.45, 7) is 0. The predicted molar refractivity (Wildman–Crippen MR) is 130 cm³/mol. The largest absolute Gasteiger partial charge is 0.416 e. The van der Waals surface area contributed by atoms with Gasteiger partial charge in [0.05, 0.1) is 28.3 Å². The number of halogens is 3. The Morgan fingerprint density at radius 3 is 2.42 bits per heavy atom. The molecule has 38 heavy (non-hydrogen) atoms. The van der Waals surface area contributed by atoms with Crippen LogP contribution in [0.15, 0.2) is 85.1 Å². The smallest absolute Gasteiger partial charge is 0.339 e. The molecule has 1 aliphatic heterocycles. The summed E-state index contributed by atoms with van der Waals surface area (Å²) in [5.74, 6) is -2.46. The van der Waals surface area contributed by atoms with Gasteiger partial charge in [-0.15, -0.1) is 0 Å². The summed E-state index contributed by atoms with van der Waals surface area (Å²) in [6, 6.07) is 17.0. The third-order valence-corrected chi connectivity index (χ3v) is 6.20. The fourth-order valence-electron chi connectivity index (χ4n) is 4.48. The number of carbonyl (C=O) groups excluding carboxylic acids is 2. The average molecular weight is 521 g/mol. The summed E-state index contributed by atoms with van der Waals surface area (Å²) in [6.07, 6.45) is -3.24. The minimum Gasteiger partial charge on any atom is -0.339 e. The molecular formula is C26H18F3N5O4. The molecule has 2 N–H and O–H groups in total. The van der Waals surface area contributed by atoms with E-state index in [9.17, 15) is 32.9 Å². The van der Waals surface area contributed by atoms with E-state index < -0.39 is 40.4 Å². The normalized spacial score (nSPS) is 16.9. The number of carbonyl (C=O) groups is 2. The molecule has 3 aromatic carbocycles. The zero-order valence-electron chi connectivity index (χ0n) is 19.3. The van der Waals surface area contributed by atoms with Crippen LogP contribution in [-0.2, 0) is 11.0 Å². The second-order valence-corrected chi connectivity index (χ2v) is 8.51. The van der Waals surface area contributed by atoms with Gasteiger partial charge < -0.3 is 10.6 Å². The van der Waals surface area contributed by atoms with Crippen molar-refractivity contribution in [2.45, 2.75) is 18.1 Å². The molecule has 1 aromatic heterocycles. The van der Waals surface area contributed by atoms with Crippen molar-refractivity contribution in [3.8, 4) is 5.69 Å². The minimum atomic E-state index is -4.67. The number of hydrogen-bond donors (Lipinski definition) is 2. The number of para-hydroxylation sites is 2. The molecule has 12 heteroatoms. The first-order chi connectivity index (χ1) is 18.1. The number of rotatable bonds is 5. The number of alkyl halides is 3. The minimum absolute atomic E-state index is 0.135. The number of amides is 2. The lowest BCUT2D eigenvalue weighted by molar-refractivity contribution is -0.385. The standard InChI is InChI=1S/C26H18F3N5O4/c27-26(28,29)16-8-6-7-15(13-16)24(35)31-22-21(18-11-4-5-12-20(18)34(37)38)19-14-30-33(23(19)32-25(22)36)17-9-2-1-3-10-17/h1-14,21-22H,(H,31,35)(H,32,36). The Bertz CT molecular complexity index is 1550. The summed E-state index contributed by atoms with van der Waals surface area (Å²) in [4.78, 5) is 37.7. The predicted octanol–water partition coefficient (Wildman–Crippen LogP) is 4.68. The number of aromatic nitrogens is 2. The summed E-state index contributed by atoms with van der Waals surface area (Å²) in [5.41, 5.74) is -0.502. The first-order valence-corrected chi connectivity index (χ1v) is 11.3. The highest BCUT2D eigenvalue weighted by atomic mass is 19.4. The number of nitro benzene ring substituents is 1. The third kappa shape index (κ3) is 4.47. The molecule has 0 saturated carbocycles. The highest BCUT2D eigenvalue weighted by Gasteiger charge is 2.43. The van der Waals surface area contributed by atoms with E-state index in [-0.39, 0.29) is 22.6 Å². The summed E-state index contributed by atoms with van der Waals surface area (Å²) in [7, 11) is 0. The van der Waals surface area contributed by atoms with Crippen molar-refractivity contribution in [1.82, 2.24) is 15.1 Å². The Balaban J connectivity index is 1.61. The van der Waals surface area contributed by atoms with Crippen LogP contribution in [0, 0.1) is 10.1 Å². The highest BCUT2D eigenvalue weighted by Crippen LogP contribution is 2.41. The topological polar surface area (TPSA) is 119 Å². The maximum Gasteiger partial charge on any atom is 0.416 e. The van der Waals surface area contributed by atoms with Gasteiger partial charge in [-0.3, -0.25) is 19.7 Å². The van der Waals surface area contributed by atoms with Gasteiger partial charge in [-0.1, -0.05) is 42.5 Å². The van der Waals surface area contributed by atoms with Crippen molar-refractivity contribution in [1.29, 1.82) is 0 Å². The Kier molecular flexibility index (Phi) is 6.15. The molecule has 0 saturated heterocycles. The lowest BCUT2D eigenvalue weighted by Gasteiger charge is -2.32. The number of nitro groups is 1. The molecule has 0 spiro atoms. The van der Waals surface area contributed by atoms with E-state index in [4.69, 9.17) is 0 Å². The van der Waals surface area contributed by atoms with Gasteiger partial charge in [0.15, 0.2) is 0 Å². The van der Waals surface area contributed by atoms with Crippen molar-refractivity contribution < 1.29 is 27.7 Å². The lowest BCUT2D eigenvalue weighted by Crippen LogP contribution is -2.50. The third-order valence-electron chi connectivity index (χ3n) is 6.20. The van der Waals surface area contributed by atoms with Crippen molar-refractivity contribution in [3.63, 3.8) is 0 Å². The molecule has 4 aromatic rings. The molecule has 5 rings (SSSR count). The number of anilines is 1. The second-order valence-electron chi connectivity index (χ2n) is 8.51. The zero-order chi connectivity index (χ0) is 27.0. The second kappa shape index (κ2) is 9.47. The molecule has 0 radical (unpaired) electrons. The van der Waals surface area contributed by atoms with Gasteiger partial charge in [0, 0.05) is 22.8 Å². The maximum atomic E-state index is 13.4. The van der Waals surface area contributed by atoms with Gasteiger partial charge in [-0.2, -0.15) is 18.3 Å². The van der Waals surface area contributed by atoms with Crippen LogP contribution in [0.1, 0.15) is 33.0 Å². The van der Waals surface area contributed by atoms with E-state index in [0.29, 0.717) is 17.3 Å². The number of nitrogens with zero attached hydrogens (tertiary/aromatic N) is 3. The highest BCUT2D eigenvalue weighted by molar-refractivity contribution is 6.04. The quantitative estimate of drug-likeness (QED) is 0.292. The van der Waals surface area contributed by atoms with Gasteiger partial charge in [0.1, 0.15) is 11.9 Å². The molecule has 9 nitrogen and oxygen atoms in total. The van der Waals surface area contributed by atoms with Crippen LogP contribution < -0.4 is 10.6 Å². The molecule has 2 unspecified atom stereocenters. The molecule has 2 heterocycles. The van der Waals surface area contributed by atoms with Crippen LogP contribution in [0.5, 0.6) is 0 Å².